The van der Waals surface area contributed by atoms with Gasteiger partial charge in [-0.3, -0.25) is 9.78 Å². The Morgan fingerprint density at radius 3 is 2.77 bits per heavy atom. The van der Waals surface area contributed by atoms with E-state index in [1.54, 1.807) is 24.2 Å². The van der Waals surface area contributed by atoms with Gasteiger partial charge in [0.1, 0.15) is 15.6 Å². The fourth-order valence-corrected chi connectivity index (χ4v) is 3.93. The fourth-order valence-electron chi connectivity index (χ4n) is 1.94. The van der Waals surface area contributed by atoms with Gasteiger partial charge < -0.3 is 11.1 Å². The number of nitrogens with two attached hydrogens (primary N) is 1. The van der Waals surface area contributed by atoms with Crippen LogP contribution in [0.15, 0.2) is 29.6 Å². The van der Waals surface area contributed by atoms with Gasteiger partial charge in [-0.1, -0.05) is 26.2 Å². The average molecular weight is 336 g/mol. The summed E-state index contributed by atoms with van der Waals surface area (Å²) in [6.07, 6.45) is 8.18. The lowest BCUT2D eigenvalue weighted by Gasteiger charge is -2.05. The number of nitrogens with zero attached hydrogens (tertiary/aromatic N) is 2. The number of hydrogen-bond acceptors (Lipinski definition) is 6. The molecule has 0 atom stereocenters. The summed E-state index contributed by atoms with van der Waals surface area (Å²) >= 11 is 2.87. The summed E-state index contributed by atoms with van der Waals surface area (Å²) in [5, 5.41) is 4.60. The maximum absolute atomic E-state index is 11.8. The molecule has 2 heterocycles. The van der Waals surface area contributed by atoms with Crippen LogP contribution in [0.3, 0.4) is 0 Å². The number of anilines is 2. The lowest BCUT2D eigenvalue weighted by Crippen LogP contribution is -2.13. The molecule has 0 aromatic carbocycles. The quantitative estimate of drug-likeness (QED) is 0.533. The van der Waals surface area contributed by atoms with Crippen LogP contribution in [0.5, 0.6) is 0 Å². The van der Waals surface area contributed by atoms with Crippen molar-refractivity contribution in [3.63, 3.8) is 0 Å². The monoisotopic (exact) mass is 336 g/mol. The van der Waals surface area contributed by atoms with Crippen molar-refractivity contribution in [1.82, 2.24) is 9.36 Å². The minimum absolute atomic E-state index is 0.443. The van der Waals surface area contributed by atoms with Crippen molar-refractivity contribution in [1.29, 1.82) is 0 Å². The summed E-state index contributed by atoms with van der Waals surface area (Å²) in [6, 6.07) is 3.67. The van der Waals surface area contributed by atoms with E-state index in [1.807, 2.05) is 12.1 Å². The molecular weight excluding hydrogens is 316 g/mol. The third-order valence-electron chi connectivity index (χ3n) is 3.08. The molecule has 0 unspecified atom stereocenters. The van der Waals surface area contributed by atoms with Gasteiger partial charge in [-0.2, -0.15) is 4.37 Å². The molecule has 0 radical (unpaired) electrons. The summed E-state index contributed by atoms with van der Waals surface area (Å²) in [4.78, 5) is 15.7. The van der Waals surface area contributed by atoms with Crippen molar-refractivity contribution in [3.05, 3.63) is 30.1 Å². The fraction of sp³-hybridized carbons (Fsp3) is 0.400. The van der Waals surface area contributed by atoms with Crippen molar-refractivity contribution < 1.29 is 4.79 Å². The van der Waals surface area contributed by atoms with Crippen LogP contribution < -0.4 is 11.1 Å². The molecule has 2 aromatic rings. The van der Waals surface area contributed by atoms with Crippen molar-refractivity contribution in [2.75, 3.05) is 11.1 Å². The van der Waals surface area contributed by atoms with Crippen molar-refractivity contribution in [2.45, 2.75) is 37.6 Å². The van der Waals surface area contributed by atoms with E-state index in [0.717, 1.165) is 22.9 Å². The molecule has 0 saturated carbocycles. The zero-order chi connectivity index (χ0) is 15.8. The SMILES string of the molecule is CCCCCCSc1nsc(Nc2ccncc2)c1C(N)=O. The van der Waals surface area contributed by atoms with Gasteiger partial charge in [0.2, 0.25) is 0 Å². The van der Waals surface area contributed by atoms with Crippen LogP contribution in [0.25, 0.3) is 0 Å². The second-order valence-electron chi connectivity index (χ2n) is 4.83. The van der Waals surface area contributed by atoms with Crippen LogP contribution in [-0.4, -0.2) is 21.0 Å². The Bertz CT molecular complexity index is 601. The average Bonchev–Trinajstić information content (AvgIpc) is 2.91. The second kappa shape index (κ2) is 8.75. The maximum Gasteiger partial charge on any atom is 0.254 e. The third kappa shape index (κ3) is 4.71. The molecule has 0 spiro atoms. The van der Waals surface area contributed by atoms with E-state index >= 15 is 0 Å². The molecule has 3 N–H and O–H groups in total. The molecule has 0 aliphatic rings. The van der Waals surface area contributed by atoms with Crippen LogP contribution in [0.4, 0.5) is 10.7 Å². The van der Waals surface area contributed by atoms with Crippen molar-refractivity contribution in [3.8, 4) is 0 Å². The number of primary amides is 1. The number of amides is 1. The van der Waals surface area contributed by atoms with Gasteiger partial charge >= 0.3 is 0 Å². The summed E-state index contributed by atoms with van der Waals surface area (Å²) in [7, 11) is 0. The van der Waals surface area contributed by atoms with Crippen molar-refractivity contribution >= 4 is 39.9 Å². The van der Waals surface area contributed by atoms with E-state index < -0.39 is 5.91 Å². The van der Waals surface area contributed by atoms with E-state index in [4.69, 9.17) is 5.73 Å². The summed E-state index contributed by atoms with van der Waals surface area (Å²) in [5.74, 6) is 0.514. The number of unbranched alkanes of at least 4 members (excludes halogenated alkanes) is 3. The van der Waals surface area contributed by atoms with Gasteiger partial charge in [-0.25, -0.2) is 0 Å². The summed E-state index contributed by atoms with van der Waals surface area (Å²) in [5.41, 5.74) is 6.88. The molecule has 5 nitrogen and oxygen atoms in total. The lowest BCUT2D eigenvalue weighted by molar-refractivity contribution is 0.0998. The van der Waals surface area contributed by atoms with Crippen LogP contribution in [0, 0.1) is 0 Å². The standard InChI is InChI=1S/C15H20N4OS2/c1-2-3-4-5-10-21-15-12(13(16)20)14(22-19-15)18-11-6-8-17-9-7-11/h6-9H,2-5,10H2,1H3,(H2,16,20)(H,17,18). The predicted octanol–water partition coefficient (Wildman–Crippen LogP) is 4.05. The van der Waals surface area contributed by atoms with E-state index in [9.17, 15) is 4.79 Å². The van der Waals surface area contributed by atoms with E-state index in [1.165, 1.54) is 30.8 Å². The number of pyridine rings is 1. The molecule has 118 valence electrons. The summed E-state index contributed by atoms with van der Waals surface area (Å²) in [6.45, 7) is 2.19. The van der Waals surface area contributed by atoms with Gasteiger partial charge in [0.25, 0.3) is 5.91 Å². The molecule has 22 heavy (non-hydrogen) atoms. The smallest absolute Gasteiger partial charge is 0.254 e. The first-order chi connectivity index (χ1) is 10.7. The molecule has 0 fully saturated rings. The largest absolute Gasteiger partial charge is 0.365 e. The first kappa shape index (κ1) is 16.8. The molecule has 2 rings (SSSR count). The molecule has 0 aliphatic heterocycles. The number of carbonyl (C=O) groups is 1. The van der Waals surface area contributed by atoms with Gasteiger partial charge in [0.05, 0.1) is 0 Å². The lowest BCUT2D eigenvalue weighted by atomic mass is 10.2. The highest BCUT2D eigenvalue weighted by atomic mass is 32.2. The Kier molecular flexibility index (Phi) is 6.67. The van der Waals surface area contributed by atoms with E-state index in [0.29, 0.717) is 10.6 Å². The molecule has 0 aliphatic carbocycles. The zero-order valence-corrected chi connectivity index (χ0v) is 14.2. The Balaban J connectivity index is 2.04. The van der Waals surface area contributed by atoms with Crippen LogP contribution >= 0.6 is 23.3 Å². The van der Waals surface area contributed by atoms with Gasteiger partial charge in [-0.15, -0.1) is 11.8 Å². The van der Waals surface area contributed by atoms with Gasteiger partial charge in [-0.05, 0) is 35.8 Å². The number of nitrogens with one attached hydrogen (secondary N) is 1. The number of hydrogen-bond donors (Lipinski definition) is 2. The highest BCUT2D eigenvalue weighted by molar-refractivity contribution is 7.99. The van der Waals surface area contributed by atoms with Crippen LogP contribution in [0.2, 0.25) is 0 Å². The third-order valence-corrected chi connectivity index (χ3v) is 5.02. The minimum atomic E-state index is -0.443. The highest BCUT2D eigenvalue weighted by Crippen LogP contribution is 2.33. The molecule has 0 bridgehead atoms. The van der Waals surface area contributed by atoms with Gasteiger partial charge in [0, 0.05) is 18.1 Å². The zero-order valence-electron chi connectivity index (χ0n) is 12.5. The summed E-state index contributed by atoms with van der Waals surface area (Å²) < 4.78 is 4.38. The molecule has 1 amide bonds. The number of thioether (sulfide) groups is 1. The normalized spacial score (nSPS) is 10.6. The topological polar surface area (TPSA) is 80.9 Å². The van der Waals surface area contributed by atoms with Crippen LogP contribution in [0.1, 0.15) is 43.0 Å². The number of carbonyl (C=O) groups excluding carboxylic acids is 1. The Morgan fingerprint density at radius 2 is 2.09 bits per heavy atom. The number of rotatable bonds is 9. The number of aromatic nitrogens is 2. The Labute approximate surface area is 138 Å². The molecular formula is C15H20N4OS2. The second-order valence-corrected chi connectivity index (χ2v) is 6.68. The van der Waals surface area contributed by atoms with Gasteiger partial charge in [0.15, 0.2) is 0 Å². The van der Waals surface area contributed by atoms with Crippen molar-refractivity contribution in [2.24, 2.45) is 5.73 Å². The maximum atomic E-state index is 11.8. The molecule has 2 aromatic heterocycles. The first-order valence-electron chi connectivity index (χ1n) is 7.31. The minimum Gasteiger partial charge on any atom is -0.365 e. The molecule has 7 heteroatoms. The Hall–Kier alpha value is -1.60. The molecule has 0 saturated heterocycles. The highest BCUT2D eigenvalue weighted by Gasteiger charge is 2.19. The first-order valence-corrected chi connectivity index (χ1v) is 9.07. The Morgan fingerprint density at radius 1 is 1.32 bits per heavy atom. The van der Waals surface area contributed by atoms with E-state index in [2.05, 4.69) is 21.6 Å². The van der Waals surface area contributed by atoms with E-state index in [-0.39, 0.29) is 0 Å². The van der Waals surface area contributed by atoms with Crippen LogP contribution in [-0.2, 0) is 0 Å². The predicted molar refractivity (Wildman–Crippen MR) is 93.0 cm³/mol.